The highest BCUT2D eigenvalue weighted by Crippen LogP contribution is 2.24. The van der Waals surface area contributed by atoms with E-state index in [1.54, 1.807) is 7.11 Å². The number of hydrogen-bond acceptors (Lipinski definition) is 3. The van der Waals surface area contributed by atoms with Crippen molar-refractivity contribution in [1.29, 1.82) is 0 Å². The van der Waals surface area contributed by atoms with Crippen molar-refractivity contribution in [3.63, 3.8) is 0 Å². The van der Waals surface area contributed by atoms with Crippen molar-refractivity contribution in [3.8, 4) is 5.69 Å². The van der Waals surface area contributed by atoms with Gasteiger partial charge in [0.1, 0.15) is 0 Å². The number of anilines is 1. The molecule has 0 bridgehead atoms. The van der Waals surface area contributed by atoms with E-state index in [-0.39, 0.29) is 5.91 Å². The van der Waals surface area contributed by atoms with Gasteiger partial charge in [0, 0.05) is 25.8 Å². The van der Waals surface area contributed by atoms with Crippen LogP contribution in [0.15, 0.2) is 54.6 Å². The summed E-state index contributed by atoms with van der Waals surface area (Å²) in [6, 6.07) is 17.7. The number of fused-ring (bicyclic) bond motifs is 1. The third-order valence-corrected chi connectivity index (χ3v) is 3.58. The molecule has 1 N–H and O–H groups in total. The number of hydrogen-bond donors (Lipinski definition) is 1. The number of benzene rings is 2. The molecule has 2 aromatic carbocycles. The first-order chi connectivity index (χ1) is 11.3. The van der Waals surface area contributed by atoms with Gasteiger partial charge < -0.3 is 4.74 Å². The van der Waals surface area contributed by atoms with Gasteiger partial charge in [0.15, 0.2) is 0 Å². The molecule has 0 unspecified atom stereocenters. The standard InChI is InChI=1S/C18H19N3O2/c1-23-13-7-12-17(22)20-18-19-15-10-5-6-11-16(15)21(18)14-8-3-2-4-9-14/h2-6,8-11H,7,12-13H2,1H3,(H,19,20,22). The smallest absolute Gasteiger partial charge is 0.226 e. The second-order valence-corrected chi connectivity index (χ2v) is 5.24. The topological polar surface area (TPSA) is 56.1 Å². The van der Waals surface area contributed by atoms with Crippen molar-refractivity contribution in [2.24, 2.45) is 0 Å². The van der Waals surface area contributed by atoms with Gasteiger partial charge in [-0.2, -0.15) is 0 Å². The molecule has 0 aliphatic rings. The highest BCUT2D eigenvalue weighted by Gasteiger charge is 2.14. The summed E-state index contributed by atoms with van der Waals surface area (Å²) in [5, 5.41) is 2.91. The molecule has 0 saturated carbocycles. The van der Waals surface area contributed by atoms with E-state index >= 15 is 0 Å². The summed E-state index contributed by atoms with van der Waals surface area (Å²) in [7, 11) is 1.63. The molecule has 118 valence electrons. The Balaban J connectivity index is 1.95. The van der Waals surface area contributed by atoms with Crippen LogP contribution in [0.5, 0.6) is 0 Å². The maximum absolute atomic E-state index is 12.1. The number of amides is 1. The minimum atomic E-state index is -0.0606. The molecule has 0 radical (unpaired) electrons. The third kappa shape index (κ3) is 3.40. The van der Waals surface area contributed by atoms with Crippen LogP contribution in [0.3, 0.4) is 0 Å². The van der Waals surface area contributed by atoms with E-state index in [1.807, 2.05) is 59.2 Å². The van der Waals surface area contributed by atoms with Gasteiger partial charge in [-0.25, -0.2) is 4.98 Å². The molecule has 0 atom stereocenters. The number of rotatable bonds is 6. The summed E-state index contributed by atoms with van der Waals surface area (Å²) >= 11 is 0. The van der Waals surface area contributed by atoms with Crippen molar-refractivity contribution in [1.82, 2.24) is 9.55 Å². The SMILES string of the molecule is COCCCC(=O)Nc1nc2ccccc2n1-c1ccccc1. The number of imidazole rings is 1. The fourth-order valence-corrected chi connectivity index (χ4v) is 2.51. The molecule has 1 heterocycles. The van der Waals surface area contributed by atoms with Crippen molar-refractivity contribution in [2.45, 2.75) is 12.8 Å². The minimum Gasteiger partial charge on any atom is -0.385 e. The Morgan fingerprint density at radius 2 is 1.87 bits per heavy atom. The van der Waals surface area contributed by atoms with Gasteiger partial charge in [0.2, 0.25) is 11.9 Å². The number of carbonyl (C=O) groups is 1. The first-order valence-corrected chi connectivity index (χ1v) is 7.61. The first kappa shape index (κ1) is 15.2. The number of methoxy groups -OCH3 is 1. The van der Waals surface area contributed by atoms with Gasteiger partial charge in [0.25, 0.3) is 0 Å². The Kier molecular flexibility index (Phi) is 4.68. The molecule has 5 nitrogen and oxygen atoms in total. The minimum absolute atomic E-state index is 0.0606. The van der Waals surface area contributed by atoms with Crippen molar-refractivity contribution in [3.05, 3.63) is 54.6 Å². The molecule has 1 amide bonds. The number of carbonyl (C=O) groups excluding carboxylic acids is 1. The van der Waals surface area contributed by atoms with Crippen molar-refractivity contribution in [2.75, 3.05) is 19.0 Å². The van der Waals surface area contributed by atoms with Gasteiger partial charge >= 0.3 is 0 Å². The van der Waals surface area contributed by atoms with Gasteiger partial charge in [-0.1, -0.05) is 30.3 Å². The third-order valence-electron chi connectivity index (χ3n) is 3.58. The molecule has 3 aromatic rings. The Morgan fingerprint density at radius 3 is 2.65 bits per heavy atom. The van der Waals surface area contributed by atoms with Gasteiger partial charge in [-0.15, -0.1) is 0 Å². The lowest BCUT2D eigenvalue weighted by molar-refractivity contribution is -0.116. The number of nitrogens with zero attached hydrogens (tertiary/aromatic N) is 2. The summed E-state index contributed by atoms with van der Waals surface area (Å²) in [5.74, 6) is 0.481. The number of para-hydroxylation sites is 3. The largest absolute Gasteiger partial charge is 0.385 e. The van der Waals surface area contributed by atoms with E-state index in [0.717, 1.165) is 16.7 Å². The number of ether oxygens (including phenoxy) is 1. The molecule has 0 aliphatic carbocycles. The quantitative estimate of drug-likeness (QED) is 0.710. The maximum atomic E-state index is 12.1. The molecular formula is C18H19N3O2. The number of nitrogens with one attached hydrogen (secondary N) is 1. The van der Waals surface area contributed by atoms with Crippen LogP contribution in [0.2, 0.25) is 0 Å². The lowest BCUT2D eigenvalue weighted by Crippen LogP contribution is -2.15. The molecule has 5 heteroatoms. The fourth-order valence-electron chi connectivity index (χ4n) is 2.51. The second kappa shape index (κ2) is 7.07. The molecular weight excluding hydrogens is 290 g/mol. The molecule has 0 spiro atoms. The van der Waals surface area contributed by atoms with Crippen molar-refractivity contribution < 1.29 is 9.53 Å². The van der Waals surface area contributed by atoms with E-state index in [2.05, 4.69) is 10.3 Å². The van der Waals surface area contributed by atoms with E-state index in [1.165, 1.54) is 0 Å². The van der Waals surface area contributed by atoms with Crippen LogP contribution in [-0.2, 0) is 9.53 Å². The van der Waals surface area contributed by atoms with Crippen LogP contribution in [0.4, 0.5) is 5.95 Å². The Morgan fingerprint density at radius 1 is 1.13 bits per heavy atom. The average Bonchev–Trinajstić information content (AvgIpc) is 2.93. The zero-order valence-electron chi connectivity index (χ0n) is 13.0. The van der Waals surface area contributed by atoms with E-state index < -0.39 is 0 Å². The molecule has 0 aliphatic heterocycles. The molecule has 0 saturated heterocycles. The predicted octanol–water partition coefficient (Wildman–Crippen LogP) is 3.39. The first-order valence-electron chi connectivity index (χ1n) is 7.61. The van der Waals surface area contributed by atoms with Crippen LogP contribution in [-0.4, -0.2) is 29.2 Å². The average molecular weight is 309 g/mol. The molecule has 3 rings (SSSR count). The molecule has 0 fully saturated rings. The monoisotopic (exact) mass is 309 g/mol. The fraction of sp³-hybridized carbons (Fsp3) is 0.222. The Bertz CT molecular complexity index is 796. The summed E-state index contributed by atoms with van der Waals surface area (Å²) < 4.78 is 6.94. The zero-order chi connectivity index (χ0) is 16.1. The molecule has 1 aromatic heterocycles. The lowest BCUT2D eigenvalue weighted by Gasteiger charge is -2.10. The van der Waals surface area contributed by atoms with Crippen LogP contribution >= 0.6 is 0 Å². The zero-order valence-corrected chi connectivity index (χ0v) is 13.0. The second-order valence-electron chi connectivity index (χ2n) is 5.24. The van der Waals surface area contributed by atoms with Crippen LogP contribution in [0.1, 0.15) is 12.8 Å². The van der Waals surface area contributed by atoms with Crippen LogP contribution in [0.25, 0.3) is 16.7 Å². The van der Waals surface area contributed by atoms with E-state index in [4.69, 9.17) is 4.74 Å². The van der Waals surface area contributed by atoms with Gasteiger partial charge in [0.05, 0.1) is 11.0 Å². The van der Waals surface area contributed by atoms with Gasteiger partial charge in [-0.3, -0.25) is 14.7 Å². The summed E-state index contributed by atoms with van der Waals surface area (Å²) in [5.41, 5.74) is 2.78. The normalized spacial score (nSPS) is 10.8. The van der Waals surface area contributed by atoms with Crippen LogP contribution < -0.4 is 5.32 Å². The molecule has 23 heavy (non-hydrogen) atoms. The predicted molar refractivity (Wildman–Crippen MR) is 90.8 cm³/mol. The van der Waals surface area contributed by atoms with Crippen LogP contribution in [0, 0.1) is 0 Å². The van der Waals surface area contributed by atoms with Gasteiger partial charge in [-0.05, 0) is 30.7 Å². The summed E-state index contributed by atoms with van der Waals surface area (Å²) in [6.07, 6.45) is 1.10. The van der Waals surface area contributed by atoms with E-state index in [9.17, 15) is 4.79 Å². The van der Waals surface area contributed by atoms with E-state index in [0.29, 0.717) is 25.4 Å². The van der Waals surface area contributed by atoms with Crippen molar-refractivity contribution >= 4 is 22.9 Å². The summed E-state index contributed by atoms with van der Waals surface area (Å²) in [6.45, 7) is 0.572. The number of aromatic nitrogens is 2. The Labute approximate surface area is 134 Å². The summed E-state index contributed by atoms with van der Waals surface area (Å²) in [4.78, 5) is 16.7. The Hall–Kier alpha value is -2.66. The highest BCUT2D eigenvalue weighted by atomic mass is 16.5. The highest BCUT2D eigenvalue weighted by molar-refractivity contribution is 5.92. The lowest BCUT2D eigenvalue weighted by atomic mass is 10.3. The maximum Gasteiger partial charge on any atom is 0.226 e.